The summed E-state index contributed by atoms with van der Waals surface area (Å²) in [6.07, 6.45) is -0.539. The molecule has 2 atom stereocenters. The van der Waals surface area contributed by atoms with Crippen LogP contribution in [-0.4, -0.2) is 38.2 Å². The highest BCUT2D eigenvalue weighted by atomic mass is 79.9. The second-order valence-corrected chi connectivity index (χ2v) is 12.8. The molecule has 32 heavy (non-hydrogen) atoms. The lowest BCUT2D eigenvalue weighted by molar-refractivity contribution is -0.157. The van der Waals surface area contributed by atoms with Crippen molar-refractivity contribution in [1.82, 2.24) is 4.90 Å². The highest BCUT2D eigenvalue weighted by Gasteiger charge is 2.59. The molecule has 0 radical (unpaired) electrons. The summed E-state index contributed by atoms with van der Waals surface area (Å²) in [6.45, 7) is 8.12. The molecule has 7 heteroatoms. The molecule has 0 unspecified atom stereocenters. The minimum atomic E-state index is -0.683. The van der Waals surface area contributed by atoms with Gasteiger partial charge < -0.3 is 9.64 Å². The van der Waals surface area contributed by atoms with E-state index in [4.69, 9.17) is 4.74 Å². The van der Waals surface area contributed by atoms with Crippen LogP contribution in [0.5, 0.6) is 0 Å². The normalized spacial score (nSPS) is 22.1. The van der Waals surface area contributed by atoms with Gasteiger partial charge in [-0.2, -0.15) is 0 Å². The van der Waals surface area contributed by atoms with Crippen LogP contribution >= 0.6 is 39.5 Å². The van der Waals surface area contributed by atoms with Gasteiger partial charge in [-0.15, -0.1) is 23.5 Å². The van der Waals surface area contributed by atoms with Gasteiger partial charge in [-0.3, -0.25) is 4.79 Å². The van der Waals surface area contributed by atoms with E-state index in [-0.39, 0.29) is 22.5 Å². The fourth-order valence-corrected chi connectivity index (χ4v) is 7.51. The van der Waals surface area contributed by atoms with Gasteiger partial charge in [0.2, 0.25) is 0 Å². The summed E-state index contributed by atoms with van der Waals surface area (Å²) in [5.74, 6) is -0.483. The van der Waals surface area contributed by atoms with Crippen LogP contribution in [-0.2, 0) is 14.3 Å². The molecule has 0 aromatic heterocycles. The molecule has 1 fully saturated rings. The quantitative estimate of drug-likeness (QED) is 0.419. The van der Waals surface area contributed by atoms with E-state index in [0.717, 1.165) is 15.6 Å². The number of thioether (sulfide) groups is 2. The molecule has 4 nitrogen and oxygen atoms in total. The Labute approximate surface area is 206 Å². The molecule has 4 rings (SSSR count). The Kier molecular flexibility index (Phi) is 6.80. The molecule has 168 valence electrons. The monoisotopic (exact) mass is 531 g/mol. The molecule has 0 aliphatic carbocycles. The van der Waals surface area contributed by atoms with Crippen molar-refractivity contribution in [2.75, 3.05) is 0 Å². The topological polar surface area (TPSA) is 46.6 Å². The van der Waals surface area contributed by atoms with E-state index >= 15 is 0 Å². The maximum Gasteiger partial charge on any atom is 0.331 e. The highest BCUT2D eigenvalue weighted by Crippen LogP contribution is 2.55. The van der Waals surface area contributed by atoms with Crippen molar-refractivity contribution in [3.05, 3.63) is 81.2 Å². The first kappa shape index (κ1) is 23.5. The lowest BCUT2D eigenvalue weighted by Gasteiger charge is -2.31. The number of esters is 1. The number of hydrogen-bond donors (Lipinski definition) is 0. The first-order valence-corrected chi connectivity index (χ1v) is 13.1. The van der Waals surface area contributed by atoms with Crippen LogP contribution in [0.1, 0.15) is 44.9 Å². The number of ether oxygens (including phenoxy) is 1. The largest absolute Gasteiger partial charge is 0.451 e. The SMILES string of the molecule is CC(C)SC1=C(Br)[C@H]2SC(C)(C)[C@H](C(=O)OC(c3ccccc3)c3ccccc3)N2C1=O. The lowest BCUT2D eigenvalue weighted by atomic mass is 9.99. The van der Waals surface area contributed by atoms with Crippen LogP contribution in [0.25, 0.3) is 0 Å². The van der Waals surface area contributed by atoms with Gasteiger partial charge in [-0.25, -0.2) is 4.79 Å². The number of rotatable bonds is 6. The van der Waals surface area contributed by atoms with Crippen molar-refractivity contribution in [2.45, 2.75) is 55.2 Å². The second-order valence-electron chi connectivity index (χ2n) is 8.67. The third kappa shape index (κ3) is 4.39. The van der Waals surface area contributed by atoms with Crippen molar-refractivity contribution < 1.29 is 14.3 Å². The number of fused-ring (bicyclic) bond motifs is 1. The molecule has 0 spiro atoms. The van der Waals surface area contributed by atoms with Crippen molar-refractivity contribution in [3.63, 3.8) is 0 Å². The molecule has 2 aliphatic heterocycles. The Morgan fingerprint density at radius 2 is 1.59 bits per heavy atom. The van der Waals surface area contributed by atoms with Crippen molar-refractivity contribution in [2.24, 2.45) is 0 Å². The van der Waals surface area contributed by atoms with E-state index in [1.54, 1.807) is 16.7 Å². The zero-order chi connectivity index (χ0) is 23.0. The summed E-state index contributed by atoms with van der Waals surface area (Å²) >= 11 is 6.81. The van der Waals surface area contributed by atoms with Crippen molar-refractivity contribution >= 4 is 51.3 Å². The van der Waals surface area contributed by atoms with Gasteiger partial charge in [0.05, 0.1) is 4.91 Å². The first-order valence-electron chi connectivity index (χ1n) is 10.6. The van der Waals surface area contributed by atoms with Crippen LogP contribution in [0.2, 0.25) is 0 Å². The number of halogens is 1. The number of benzene rings is 2. The molecular weight excluding hydrogens is 506 g/mol. The molecule has 2 aliphatic rings. The second kappa shape index (κ2) is 9.27. The summed E-state index contributed by atoms with van der Waals surface area (Å²) in [4.78, 5) is 29.4. The number of hydrogen-bond acceptors (Lipinski definition) is 5. The Hall–Kier alpha value is -1.70. The molecule has 0 bridgehead atoms. The van der Waals surface area contributed by atoms with Crippen LogP contribution in [0, 0.1) is 0 Å². The van der Waals surface area contributed by atoms with Crippen molar-refractivity contribution in [1.29, 1.82) is 0 Å². The molecular formula is C25H26BrNO3S2. The molecule has 1 amide bonds. The summed E-state index contributed by atoms with van der Waals surface area (Å²) in [6, 6.07) is 18.8. The molecule has 2 heterocycles. The molecule has 0 N–H and O–H groups in total. The van der Waals surface area contributed by atoms with Gasteiger partial charge in [0, 0.05) is 14.5 Å². The first-order chi connectivity index (χ1) is 15.2. The summed E-state index contributed by atoms with van der Waals surface area (Å²) in [7, 11) is 0. The van der Waals surface area contributed by atoms with Crippen LogP contribution in [0.15, 0.2) is 70.1 Å². The summed E-state index contributed by atoms with van der Waals surface area (Å²) < 4.78 is 6.54. The molecule has 2 aromatic carbocycles. The molecule has 1 saturated heterocycles. The van der Waals surface area contributed by atoms with Gasteiger partial charge in [0.1, 0.15) is 11.4 Å². The number of carbonyl (C=O) groups excluding carboxylic acids is 2. The lowest BCUT2D eigenvalue weighted by Crippen LogP contribution is -2.50. The third-order valence-electron chi connectivity index (χ3n) is 5.48. The van der Waals surface area contributed by atoms with Crippen LogP contribution in [0.4, 0.5) is 0 Å². The predicted molar refractivity (Wildman–Crippen MR) is 136 cm³/mol. The van der Waals surface area contributed by atoms with Crippen LogP contribution < -0.4 is 0 Å². The minimum Gasteiger partial charge on any atom is -0.451 e. The van der Waals surface area contributed by atoms with E-state index in [0.29, 0.717) is 4.91 Å². The summed E-state index contributed by atoms with van der Waals surface area (Å²) in [5, 5.41) is 0.0636. The predicted octanol–water partition coefficient (Wildman–Crippen LogP) is 6.13. The maximum absolute atomic E-state index is 13.7. The smallest absolute Gasteiger partial charge is 0.331 e. The van der Waals surface area contributed by atoms with E-state index in [2.05, 4.69) is 29.8 Å². The average molecular weight is 533 g/mol. The van der Waals surface area contributed by atoms with Gasteiger partial charge in [0.15, 0.2) is 6.10 Å². The van der Waals surface area contributed by atoms with Gasteiger partial charge >= 0.3 is 5.97 Å². The van der Waals surface area contributed by atoms with Gasteiger partial charge in [-0.05, 0) is 25.0 Å². The average Bonchev–Trinajstić information content (AvgIpc) is 3.17. The number of carbonyl (C=O) groups is 2. The minimum absolute atomic E-state index is 0.100. The van der Waals surface area contributed by atoms with E-state index in [1.165, 1.54) is 11.8 Å². The van der Waals surface area contributed by atoms with E-state index < -0.39 is 16.9 Å². The van der Waals surface area contributed by atoms with E-state index in [9.17, 15) is 9.59 Å². The van der Waals surface area contributed by atoms with Gasteiger partial charge in [-0.1, -0.05) is 90.4 Å². The zero-order valence-electron chi connectivity index (χ0n) is 18.4. The Morgan fingerprint density at radius 1 is 1.06 bits per heavy atom. The van der Waals surface area contributed by atoms with Gasteiger partial charge in [0.25, 0.3) is 5.91 Å². The summed E-state index contributed by atoms with van der Waals surface area (Å²) in [5.41, 5.74) is 1.80. The highest BCUT2D eigenvalue weighted by molar-refractivity contribution is 9.12. The van der Waals surface area contributed by atoms with Crippen molar-refractivity contribution in [3.8, 4) is 0 Å². The number of nitrogens with zero attached hydrogens (tertiary/aromatic N) is 1. The van der Waals surface area contributed by atoms with Crippen LogP contribution in [0.3, 0.4) is 0 Å². The Bertz CT molecular complexity index is 1000. The van der Waals surface area contributed by atoms with E-state index in [1.807, 2.05) is 74.5 Å². The number of amides is 1. The zero-order valence-corrected chi connectivity index (χ0v) is 21.7. The molecule has 2 aromatic rings. The standard InChI is InChI=1S/C25H26BrNO3S2/c1-15(2)31-20-18(26)23-27(22(20)28)21(25(3,4)32-23)24(29)30-19(16-11-7-5-8-12-16)17-13-9-6-10-14-17/h5-15,19,21,23H,1-4H3/t21-,23+/m0/s1. The Morgan fingerprint density at radius 3 is 2.09 bits per heavy atom. The Balaban J connectivity index is 1.65. The maximum atomic E-state index is 13.7. The fraction of sp³-hybridized carbons (Fsp3) is 0.360. The third-order valence-corrected chi connectivity index (χ3v) is 9.50. The fourth-order valence-electron chi connectivity index (χ4n) is 4.11. The molecule has 0 saturated carbocycles.